The van der Waals surface area contributed by atoms with Crippen LogP contribution in [-0.2, 0) is 14.8 Å². The lowest BCUT2D eigenvalue weighted by atomic mass is 10.1. The molecule has 0 saturated heterocycles. The summed E-state index contributed by atoms with van der Waals surface area (Å²) in [5.74, 6) is -0.433. The van der Waals surface area contributed by atoms with Gasteiger partial charge in [0.15, 0.2) is 0 Å². The van der Waals surface area contributed by atoms with Crippen molar-refractivity contribution in [3.8, 4) is 0 Å². The predicted octanol–water partition coefficient (Wildman–Crippen LogP) is 5.21. The number of hydrogen-bond donors (Lipinski definition) is 1. The van der Waals surface area contributed by atoms with Crippen molar-refractivity contribution in [2.75, 3.05) is 16.2 Å². The van der Waals surface area contributed by atoms with Crippen molar-refractivity contribution in [2.24, 2.45) is 0 Å². The Labute approximate surface area is 185 Å². The van der Waals surface area contributed by atoms with Gasteiger partial charge < -0.3 is 5.32 Å². The molecule has 0 radical (unpaired) electrons. The number of amides is 1. The second kappa shape index (κ2) is 9.02. The summed E-state index contributed by atoms with van der Waals surface area (Å²) in [5.41, 5.74) is 3.80. The second-order valence-corrected chi connectivity index (χ2v) is 9.86. The van der Waals surface area contributed by atoms with Gasteiger partial charge in [0.2, 0.25) is 5.91 Å². The van der Waals surface area contributed by atoms with Crippen LogP contribution in [0, 0.1) is 20.8 Å². The van der Waals surface area contributed by atoms with Crippen LogP contribution in [0.5, 0.6) is 0 Å². The normalized spacial score (nSPS) is 11.2. The van der Waals surface area contributed by atoms with Crippen LogP contribution >= 0.6 is 15.9 Å². The minimum atomic E-state index is -3.94. The van der Waals surface area contributed by atoms with E-state index in [0.29, 0.717) is 11.4 Å². The van der Waals surface area contributed by atoms with Crippen LogP contribution in [-0.4, -0.2) is 20.9 Å². The molecule has 0 spiro atoms. The van der Waals surface area contributed by atoms with Gasteiger partial charge in [0.25, 0.3) is 10.0 Å². The summed E-state index contributed by atoms with van der Waals surface area (Å²) in [4.78, 5) is 13.0. The van der Waals surface area contributed by atoms with Gasteiger partial charge in [-0.2, -0.15) is 0 Å². The van der Waals surface area contributed by atoms with Gasteiger partial charge in [-0.3, -0.25) is 9.10 Å². The summed E-state index contributed by atoms with van der Waals surface area (Å²) in [6, 6.07) is 19.3. The molecule has 0 aliphatic rings. The minimum absolute atomic E-state index is 0.141. The van der Waals surface area contributed by atoms with Crippen LogP contribution in [0.1, 0.15) is 16.7 Å². The van der Waals surface area contributed by atoms with E-state index in [1.54, 1.807) is 48.5 Å². The van der Waals surface area contributed by atoms with Crippen molar-refractivity contribution in [1.82, 2.24) is 0 Å². The van der Waals surface area contributed by atoms with Crippen LogP contribution in [0.4, 0.5) is 11.4 Å². The van der Waals surface area contributed by atoms with E-state index in [4.69, 9.17) is 0 Å². The van der Waals surface area contributed by atoms with Crippen molar-refractivity contribution in [1.29, 1.82) is 0 Å². The Morgan fingerprint density at radius 3 is 2.20 bits per heavy atom. The molecule has 156 valence electrons. The number of anilines is 2. The second-order valence-electron chi connectivity index (χ2n) is 7.14. The highest BCUT2D eigenvalue weighted by atomic mass is 79.9. The van der Waals surface area contributed by atoms with Gasteiger partial charge in [-0.1, -0.05) is 47.5 Å². The monoisotopic (exact) mass is 486 g/mol. The van der Waals surface area contributed by atoms with Crippen LogP contribution in [0.25, 0.3) is 0 Å². The van der Waals surface area contributed by atoms with Crippen molar-refractivity contribution in [3.05, 3.63) is 87.9 Å². The highest BCUT2D eigenvalue weighted by molar-refractivity contribution is 9.10. The molecule has 0 atom stereocenters. The third-order valence-corrected chi connectivity index (χ3v) is 7.13. The molecule has 1 N–H and O–H groups in total. The molecule has 0 saturated carbocycles. The summed E-state index contributed by atoms with van der Waals surface area (Å²) in [5, 5.41) is 2.78. The van der Waals surface area contributed by atoms with Crippen molar-refractivity contribution >= 4 is 43.2 Å². The number of nitrogens with one attached hydrogen (secondary N) is 1. The molecule has 0 fully saturated rings. The molecule has 1 amide bonds. The molecule has 7 heteroatoms. The van der Waals surface area contributed by atoms with Crippen LogP contribution in [0.15, 0.2) is 76.1 Å². The number of aryl methyl sites for hydroxylation is 3. The summed E-state index contributed by atoms with van der Waals surface area (Å²) in [6.45, 7) is 5.33. The minimum Gasteiger partial charge on any atom is -0.323 e. The molecule has 0 heterocycles. The fraction of sp³-hybridized carbons (Fsp3) is 0.174. The third-order valence-electron chi connectivity index (χ3n) is 4.67. The highest BCUT2D eigenvalue weighted by Crippen LogP contribution is 2.28. The Hall–Kier alpha value is -2.64. The standard InChI is InChI=1S/C23H23BrN2O3S/c1-16-8-11-19(12-9-16)30(28,29)26(22-13-10-17(2)14-18(22)3)15-23(27)25-21-7-5-4-6-20(21)24/h4-14H,15H2,1-3H3,(H,25,27). The zero-order valence-electron chi connectivity index (χ0n) is 17.0. The number of nitrogens with zero attached hydrogens (tertiary/aromatic N) is 1. The number of carbonyl (C=O) groups excluding carboxylic acids is 1. The molecule has 30 heavy (non-hydrogen) atoms. The maximum Gasteiger partial charge on any atom is 0.264 e. The molecule has 0 unspecified atom stereocenters. The topological polar surface area (TPSA) is 66.5 Å². The van der Waals surface area contributed by atoms with E-state index in [0.717, 1.165) is 21.2 Å². The van der Waals surface area contributed by atoms with Gasteiger partial charge in [0.1, 0.15) is 6.54 Å². The van der Waals surface area contributed by atoms with Crippen molar-refractivity contribution in [3.63, 3.8) is 0 Å². The molecule has 0 aliphatic carbocycles. The summed E-state index contributed by atoms with van der Waals surface area (Å²) in [7, 11) is -3.94. The van der Waals surface area contributed by atoms with Gasteiger partial charge in [0, 0.05) is 4.47 Å². The molecular formula is C23H23BrN2O3S. The summed E-state index contributed by atoms with van der Waals surface area (Å²) in [6.07, 6.45) is 0. The van der Waals surface area contributed by atoms with Crippen LogP contribution < -0.4 is 9.62 Å². The average Bonchev–Trinajstić information content (AvgIpc) is 2.69. The third kappa shape index (κ3) is 4.91. The van der Waals surface area contributed by atoms with E-state index in [1.165, 1.54) is 4.31 Å². The first-order valence-corrected chi connectivity index (χ1v) is 11.6. The quantitative estimate of drug-likeness (QED) is 0.519. The van der Waals surface area contributed by atoms with E-state index < -0.39 is 15.9 Å². The number of halogens is 1. The maximum absolute atomic E-state index is 13.5. The molecule has 0 aromatic heterocycles. The largest absolute Gasteiger partial charge is 0.323 e. The summed E-state index contributed by atoms with van der Waals surface area (Å²) >= 11 is 3.39. The van der Waals surface area contributed by atoms with E-state index in [1.807, 2.05) is 39.0 Å². The van der Waals surface area contributed by atoms with E-state index in [2.05, 4.69) is 21.2 Å². The lowest BCUT2D eigenvalue weighted by molar-refractivity contribution is -0.114. The molecule has 3 aromatic carbocycles. The van der Waals surface area contributed by atoms with Gasteiger partial charge >= 0.3 is 0 Å². The van der Waals surface area contributed by atoms with Gasteiger partial charge in [-0.05, 0) is 72.6 Å². The number of benzene rings is 3. The first-order chi connectivity index (χ1) is 14.2. The van der Waals surface area contributed by atoms with Gasteiger partial charge in [-0.15, -0.1) is 0 Å². The lowest BCUT2D eigenvalue weighted by Gasteiger charge is -2.26. The molecule has 5 nitrogen and oxygen atoms in total. The number of hydrogen-bond acceptors (Lipinski definition) is 3. The van der Waals surface area contributed by atoms with Crippen molar-refractivity contribution in [2.45, 2.75) is 25.7 Å². The van der Waals surface area contributed by atoms with Gasteiger partial charge in [0.05, 0.1) is 16.3 Å². The zero-order valence-corrected chi connectivity index (χ0v) is 19.4. The zero-order chi connectivity index (χ0) is 21.9. The summed E-state index contributed by atoms with van der Waals surface area (Å²) < 4.78 is 28.8. The Morgan fingerprint density at radius 2 is 1.57 bits per heavy atom. The fourth-order valence-electron chi connectivity index (χ4n) is 3.11. The molecule has 0 aliphatic heterocycles. The Kier molecular flexibility index (Phi) is 6.63. The number of sulfonamides is 1. The smallest absolute Gasteiger partial charge is 0.264 e. The average molecular weight is 487 g/mol. The molecule has 3 aromatic rings. The van der Waals surface area contributed by atoms with E-state index in [-0.39, 0.29) is 11.4 Å². The first kappa shape index (κ1) is 22.1. The molecular weight excluding hydrogens is 464 g/mol. The number of rotatable bonds is 6. The lowest BCUT2D eigenvalue weighted by Crippen LogP contribution is -2.38. The fourth-order valence-corrected chi connectivity index (χ4v) is 4.97. The number of carbonyl (C=O) groups is 1. The SMILES string of the molecule is Cc1ccc(S(=O)(=O)N(CC(=O)Nc2ccccc2Br)c2ccc(C)cc2C)cc1. The Morgan fingerprint density at radius 1 is 0.933 bits per heavy atom. The Bertz CT molecular complexity index is 1180. The first-order valence-electron chi connectivity index (χ1n) is 9.39. The van der Waals surface area contributed by atoms with Crippen LogP contribution in [0.2, 0.25) is 0 Å². The predicted molar refractivity (Wildman–Crippen MR) is 124 cm³/mol. The van der Waals surface area contributed by atoms with Gasteiger partial charge in [-0.25, -0.2) is 8.42 Å². The number of para-hydroxylation sites is 1. The Balaban J connectivity index is 2.00. The van der Waals surface area contributed by atoms with Crippen molar-refractivity contribution < 1.29 is 13.2 Å². The highest BCUT2D eigenvalue weighted by Gasteiger charge is 2.28. The van der Waals surface area contributed by atoms with Crippen LogP contribution in [0.3, 0.4) is 0 Å². The maximum atomic E-state index is 13.5. The molecule has 0 bridgehead atoms. The van der Waals surface area contributed by atoms with E-state index in [9.17, 15) is 13.2 Å². The molecule has 3 rings (SSSR count). The van der Waals surface area contributed by atoms with E-state index >= 15 is 0 Å².